The highest BCUT2D eigenvalue weighted by Gasteiger charge is 2.17. The summed E-state index contributed by atoms with van der Waals surface area (Å²) < 4.78 is 11.7. The zero-order chi connectivity index (χ0) is 21.0. The van der Waals surface area contributed by atoms with Crippen LogP contribution in [0, 0.1) is 0 Å². The van der Waals surface area contributed by atoms with E-state index in [1.54, 1.807) is 24.3 Å². The second kappa shape index (κ2) is 9.58. The molecule has 10 heteroatoms. The summed E-state index contributed by atoms with van der Waals surface area (Å²) in [6.07, 6.45) is 2.70. The Hall–Kier alpha value is -2.13. The number of benzene rings is 2. The van der Waals surface area contributed by atoms with Crippen molar-refractivity contribution < 1.29 is 18.7 Å². The van der Waals surface area contributed by atoms with E-state index in [0.29, 0.717) is 19.5 Å². The smallest absolute Gasteiger partial charge is 0.379 e. The van der Waals surface area contributed by atoms with Crippen molar-refractivity contribution in [3.05, 3.63) is 84.6 Å². The van der Waals surface area contributed by atoms with Crippen LogP contribution >= 0.6 is 55.1 Å². The van der Waals surface area contributed by atoms with Crippen molar-refractivity contribution in [1.82, 2.24) is 5.43 Å². The van der Waals surface area contributed by atoms with E-state index >= 15 is 0 Å². The summed E-state index contributed by atoms with van der Waals surface area (Å²) in [6.45, 7) is 0. The van der Waals surface area contributed by atoms with Crippen molar-refractivity contribution in [2.24, 2.45) is 5.10 Å². The third-order valence-electron chi connectivity index (χ3n) is 3.50. The maximum absolute atomic E-state index is 12.3. The average Bonchev–Trinajstić information content (AvgIpc) is 3.19. The number of ether oxygens (including phenoxy) is 1. The first kappa shape index (κ1) is 21.6. The largest absolute Gasteiger partial charge is 0.457 e. The molecule has 1 N–H and O–H groups in total. The van der Waals surface area contributed by atoms with Gasteiger partial charge < -0.3 is 9.15 Å². The van der Waals surface area contributed by atoms with Gasteiger partial charge in [-0.3, -0.25) is 4.79 Å². The Morgan fingerprint density at radius 1 is 1.14 bits per heavy atom. The monoisotopic (exact) mass is 558 g/mol. The number of halogens is 4. The number of amides is 1. The van der Waals surface area contributed by atoms with Gasteiger partial charge in [-0.05, 0) is 58.4 Å². The van der Waals surface area contributed by atoms with Gasteiger partial charge in [0.25, 0.3) is 5.91 Å². The van der Waals surface area contributed by atoms with Crippen LogP contribution in [0.25, 0.3) is 0 Å². The first-order valence-electron chi connectivity index (χ1n) is 7.88. The lowest BCUT2D eigenvalue weighted by Crippen LogP contribution is -2.18. The van der Waals surface area contributed by atoms with Gasteiger partial charge in [-0.1, -0.05) is 39.1 Å². The van der Waals surface area contributed by atoms with E-state index in [0.717, 1.165) is 0 Å². The highest BCUT2D eigenvalue weighted by molar-refractivity contribution is 9.11. The Balaban J connectivity index is 1.80. The second-order valence-electron chi connectivity index (χ2n) is 5.50. The van der Waals surface area contributed by atoms with Crippen molar-refractivity contribution >= 4 is 73.2 Å². The number of furan rings is 1. The lowest BCUT2D eigenvalue weighted by atomic mass is 10.2. The molecule has 0 radical (unpaired) electrons. The predicted molar refractivity (Wildman–Crippen MR) is 117 cm³/mol. The van der Waals surface area contributed by atoms with Crippen LogP contribution in [0.2, 0.25) is 10.0 Å². The fraction of sp³-hybridized carbons (Fsp3) is 0. The highest BCUT2D eigenvalue weighted by atomic mass is 79.9. The molecular weight excluding hydrogens is 551 g/mol. The molecule has 0 spiro atoms. The maximum atomic E-state index is 12.3. The van der Waals surface area contributed by atoms with Crippen LogP contribution in [0.5, 0.6) is 5.75 Å². The zero-order valence-electron chi connectivity index (χ0n) is 14.3. The molecule has 0 saturated heterocycles. The molecule has 0 aliphatic heterocycles. The van der Waals surface area contributed by atoms with Gasteiger partial charge in [0.2, 0.25) is 5.76 Å². The molecule has 6 nitrogen and oxygen atoms in total. The minimum Gasteiger partial charge on any atom is -0.457 e. The quantitative estimate of drug-likeness (QED) is 0.177. The van der Waals surface area contributed by atoms with E-state index in [2.05, 4.69) is 42.4 Å². The van der Waals surface area contributed by atoms with Crippen molar-refractivity contribution in [3.63, 3.8) is 0 Å². The van der Waals surface area contributed by atoms with Gasteiger partial charge in [0.15, 0.2) is 5.75 Å². The summed E-state index contributed by atoms with van der Waals surface area (Å²) in [5, 5.41) is 4.53. The maximum Gasteiger partial charge on any atom is 0.379 e. The van der Waals surface area contributed by atoms with Crippen molar-refractivity contribution in [2.75, 3.05) is 0 Å². The first-order valence-corrected chi connectivity index (χ1v) is 10.2. The second-order valence-corrected chi connectivity index (χ2v) is 8.11. The summed E-state index contributed by atoms with van der Waals surface area (Å²) in [5.74, 6) is -0.943. The Labute approximate surface area is 192 Å². The molecule has 0 aliphatic carbocycles. The molecule has 0 unspecified atom stereocenters. The summed E-state index contributed by atoms with van der Waals surface area (Å²) in [4.78, 5) is 24.5. The highest BCUT2D eigenvalue weighted by Crippen LogP contribution is 2.32. The minimum absolute atomic E-state index is 0.0494. The molecule has 3 aromatic rings. The summed E-state index contributed by atoms with van der Waals surface area (Å²) in [5.41, 5.74) is 3.01. The fourth-order valence-corrected chi connectivity index (χ4v) is 4.05. The van der Waals surface area contributed by atoms with Crippen LogP contribution in [0.3, 0.4) is 0 Å². The van der Waals surface area contributed by atoms with E-state index in [1.807, 2.05) is 0 Å². The lowest BCUT2D eigenvalue weighted by Gasteiger charge is -2.09. The average molecular weight is 561 g/mol. The Bertz CT molecular complexity index is 1100. The molecule has 1 amide bonds. The van der Waals surface area contributed by atoms with Gasteiger partial charge in [-0.15, -0.1) is 0 Å². The van der Waals surface area contributed by atoms with Crippen molar-refractivity contribution in [3.8, 4) is 5.75 Å². The molecule has 2 aromatic carbocycles. The molecule has 1 aromatic heterocycles. The molecule has 1 heterocycles. The van der Waals surface area contributed by atoms with Crippen LogP contribution in [0.1, 0.15) is 26.5 Å². The Morgan fingerprint density at radius 2 is 1.93 bits per heavy atom. The Kier molecular flexibility index (Phi) is 7.13. The number of hydrogen-bond donors (Lipinski definition) is 1. The molecular formula is C19H10Br2Cl2N2O4. The third kappa shape index (κ3) is 5.48. The summed E-state index contributed by atoms with van der Waals surface area (Å²) in [7, 11) is 0. The number of hydrazone groups is 1. The van der Waals surface area contributed by atoms with E-state index in [9.17, 15) is 9.59 Å². The van der Waals surface area contributed by atoms with Gasteiger partial charge in [-0.25, -0.2) is 10.2 Å². The van der Waals surface area contributed by atoms with Crippen LogP contribution in [-0.2, 0) is 0 Å². The van der Waals surface area contributed by atoms with E-state index < -0.39 is 11.9 Å². The molecule has 3 rings (SSSR count). The van der Waals surface area contributed by atoms with Gasteiger partial charge >= 0.3 is 5.97 Å². The van der Waals surface area contributed by atoms with Crippen molar-refractivity contribution in [1.29, 1.82) is 0 Å². The molecule has 0 fully saturated rings. The molecule has 0 bridgehead atoms. The number of nitrogens with zero attached hydrogens (tertiary/aromatic N) is 1. The normalized spacial score (nSPS) is 10.9. The third-order valence-corrected chi connectivity index (χ3v) is 5.09. The van der Waals surface area contributed by atoms with Crippen LogP contribution in [0.4, 0.5) is 0 Å². The van der Waals surface area contributed by atoms with Gasteiger partial charge in [0.1, 0.15) is 0 Å². The summed E-state index contributed by atoms with van der Waals surface area (Å²) >= 11 is 18.6. The number of rotatable bonds is 5. The van der Waals surface area contributed by atoms with Crippen LogP contribution < -0.4 is 10.2 Å². The number of nitrogens with one attached hydrogen (secondary N) is 1. The summed E-state index contributed by atoms with van der Waals surface area (Å²) in [6, 6.07) is 10.9. The molecule has 0 aliphatic rings. The zero-order valence-corrected chi connectivity index (χ0v) is 19.0. The van der Waals surface area contributed by atoms with Crippen LogP contribution in [0.15, 0.2) is 67.2 Å². The van der Waals surface area contributed by atoms with E-state index in [1.165, 1.54) is 30.7 Å². The molecule has 29 heavy (non-hydrogen) atoms. The number of carbonyl (C=O) groups excluding carboxylic acids is 2. The topological polar surface area (TPSA) is 80.9 Å². The number of esters is 1. The number of hydrogen-bond acceptors (Lipinski definition) is 5. The van der Waals surface area contributed by atoms with E-state index in [4.69, 9.17) is 32.4 Å². The van der Waals surface area contributed by atoms with Gasteiger partial charge in [-0.2, -0.15) is 5.10 Å². The molecule has 0 atom stereocenters. The standard InChI is InChI=1S/C19H10Br2Cl2N2O4/c20-11-6-10(9-24-25-18(26)13-4-3-12(22)8-15(13)23)17(14(21)7-11)29-19(27)16-2-1-5-28-16/h1-9H,(H,25,26). The Morgan fingerprint density at radius 3 is 2.62 bits per heavy atom. The molecule has 0 saturated carbocycles. The first-order chi connectivity index (χ1) is 13.8. The fourth-order valence-electron chi connectivity index (χ4n) is 2.22. The van der Waals surface area contributed by atoms with Gasteiger partial charge in [0.05, 0.1) is 27.5 Å². The lowest BCUT2D eigenvalue weighted by molar-refractivity contribution is 0.0699. The van der Waals surface area contributed by atoms with Gasteiger partial charge in [0, 0.05) is 15.1 Å². The molecule has 148 valence electrons. The minimum atomic E-state index is -0.676. The van der Waals surface area contributed by atoms with E-state index in [-0.39, 0.29) is 22.1 Å². The number of carbonyl (C=O) groups is 2. The SMILES string of the molecule is O=C(Oc1c(Br)cc(Br)cc1C=NNC(=O)c1ccc(Cl)cc1Cl)c1ccco1. The van der Waals surface area contributed by atoms with Crippen molar-refractivity contribution in [2.45, 2.75) is 0 Å². The van der Waals surface area contributed by atoms with Crippen LogP contribution in [-0.4, -0.2) is 18.1 Å². The predicted octanol–water partition coefficient (Wildman–Crippen LogP) is 6.09.